The van der Waals surface area contributed by atoms with Crippen molar-refractivity contribution in [1.29, 1.82) is 0 Å². The number of nitrogens with one attached hydrogen (secondary N) is 1. The number of benzene rings is 1. The molecule has 20 heavy (non-hydrogen) atoms. The Bertz CT molecular complexity index is 420. The van der Waals surface area contributed by atoms with Crippen molar-refractivity contribution in [3.63, 3.8) is 0 Å². The molecule has 0 aliphatic carbocycles. The van der Waals surface area contributed by atoms with Crippen LogP contribution in [0.15, 0.2) is 30.3 Å². The summed E-state index contributed by atoms with van der Waals surface area (Å²) in [6.45, 7) is 3.53. The molecule has 0 unspecified atom stereocenters. The number of para-hydroxylation sites is 1. The second-order valence-corrected chi connectivity index (χ2v) is 4.55. The molecule has 0 saturated carbocycles. The van der Waals surface area contributed by atoms with E-state index in [1.165, 1.54) is 0 Å². The Morgan fingerprint density at radius 2 is 1.95 bits per heavy atom. The molecule has 0 aliphatic rings. The number of anilines is 1. The Balaban J connectivity index is 2.63. The van der Waals surface area contributed by atoms with E-state index >= 15 is 0 Å². The maximum atomic E-state index is 12.2. The molecule has 1 amide bonds. The molecule has 1 aromatic rings. The number of aliphatic carboxylic acids is 1. The summed E-state index contributed by atoms with van der Waals surface area (Å²) in [5, 5.41) is 11.8. The van der Waals surface area contributed by atoms with Crippen LogP contribution in [-0.4, -0.2) is 36.6 Å². The van der Waals surface area contributed by atoms with Crippen LogP contribution in [0, 0.1) is 0 Å². The topological polar surface area (TPSA) is 69.6 Å². The molecule has 0 fully saturated rings. The molecule has 0 aliphatic heterocycles. The van der Waals surface area contributed by atoms with Crippen LogP contribution in [0.25, 0.3) is 0 Å². The highest BCUT2D eigenvalue weighted by atomic mass is 16.4. The number of carbonyl (C=O) groups excluding carboxylic acids is 1. The third-order valence-electron chi connectivity index (χ3n) is 2.84. The minimum absolute atomic E-state index is 0.0324. The van der Waals surface area contributed by atoms with Crippen molar-refractivity contribution in [1.82, 2.24) is 5.32 Å². The molecule has 1 rings (SSSR count). The predicted molar refractivity (Wildman–Crippen MR) is 78.8 cm³/mol. The Morgan fingerprint density at radius 3 is 2.55 bits per heavy atom. The predicted octanol–water partition coefficient (Wildman–Crippen LogP) is 1.88. The molecule has 0 aromatic heterocycles. The van der Waals surface area contributed by atoms with Crippen LogP contribution in [0.1, 0.15) is 26.2 Å². The van der Waals surface area contributed by atoms with Crippen molar-refractivity contribution in [2.45, 2.75) is 26.2 Å². The lowest BCUT2D eigenvalue weighted by molar-refractivity contribution is -0.137. The van der Waals surface area contributed by atoms with Gasteiger partial charge in [-0.25, -0.2) is 0 Å². The first-order chi connectivity index (χ1) is 9.65. The van der Waals surface area contributed by atoms with Crippen molar-refractivity contribution in [2.75, 3.05) is 24.5 Å². The molecule has 5 nitrogen and oxygen atoms in total. The van der Waals surface area contributed by atoms with Gasteiger partial charge < -0.3 is 15.3 Å². The van der Waals surface area contributed by atoms with Crippen molar-refractivity contribution in [2.24, 2.45) is 0 Å². The summed E-state index contributed by atoms with van der Waals surface area (Å²) in [7, 11) is 0. The molecule has 0 saturated heterocycles. The molecule has 5 heteroatoms. The number of amides is 1. The van der Waals surface area contributed by atoms with E-state index in [1.54, 1.807) is 4.90 Å². The van der Waals surface area contributed by atoms with Crippen LogP contribution < -0.4 is 10.2 Å². The van der Waals surface area contributed by atoms with Gasteiger partial charge in [-0.2, -0.15) is 0 Å². The van der Waals surface area contributed by atoms with Gasteiger partial charge in [0.2, 0.25) is 5.91 Å². The standard InChI is InChI=1S/C15H22N2O3/c1-2-10-16-12-14(18)17(11-6-9-15(19)20)13-7-4-3-5-8-13/h3-5,7-8,16H,2,6,9-12H2,1H3,(H,19,20). The smallest absolute Gasteiger partial charge is 0.303 e. The van der Waals surface area contributed by atoms with Gasteiger partial charge in [-0.3, -0.25) is 9.59 Å². The highest BCUT2D eigenvalue weighted by molar-refractivity contribution is 5.94. The summed E-state index contributed by atoms with van der Waals surface area (Å²) in [5.74, 6) is -0.871. The molecular formula is C15H22N2O3. The largest absolute Gasteiger partial charge is 0.481 e. The molecule has 0 bridgehead atoms. The molecular weight excluding hydrogens is 256 g/mol. The lowest BCUT2D eigenvalue weighted by Crippen LogP contribution is -2.39. The minimum atomic E-state index is -0.838. The lowest BCUT2D eigenvalue weighted by Gasteiger charge is -2.23. The fourth-order valence-corrected chi connectivity index (χ4v) is 1.86. The summed E-state index contributed by atoms with van der Waals surface area (Å²) in [4.78, 5) is 24.4. The molecule has 1 aromatic carbocycles. The van der Waals surface area contributed by atoms with Gasteiger partial charge in [0.25, 0.3) is 0 Å². The Hall–Kier alpha value is -1.88. The van der Waals surface area contributed by atoms with Crippen LogP contribution in [0.2, 0.25) is 0 Å². The summed E-state index contributed by atoms with van der Waals surface area (Å²) in [6, 6.07) is 9.34. The second-order valence-electron chi connectivity index (χ2n) is 4.55. The van der Waals surface area contributed by atoms with E-state index in [1.807, 2.05) is 37.3 Å². The number of carboxylic acids is 1. The van der Waals surface area contributed by atoms with Crippen molar-refractivity contribution < 1.29 is 14.7 Å². The first-order valence-electron chi connectivity index (χ1n) is 6.93. The molecule has 110 valence electrons. The summed E-state index contributed by atoms with van der Waals surface area (Å²) in [6.07, 6.45) is 1.49. The first kappa shape index (κ1) is 16.2. The van der Waals surface area contributed by atoms with Gasteiger partial charge >= 0.3 is 5.97 Å². The van der Waals surface area contributed by atoms with Gasteiger partial charge in [-0.15, -0.1) is 0 Å². The van der Waals surface area contributed by atoms with Crippen LogP contribution in [0.3, 0.4) is 0 Å². The number of carboxylic acid groups (broad SMARTS) is 1. The fraction of sp³-hybridized carbons (Fsp3) is 0.467. The zero-order valence-electron chi connectivity index (χ0n) is 11.8. The second kappa shape index (κ2) is 9.09. The number of rotatable bonds is 9. The van der Waals surface area contributed by atoms with Crippen LogP contribution in [0.5, 0.6) is 0 Å². The van der Waals surface area contributed by atoms with E-state index < -0.39 is 5.97 Å². The molecule has 0 atom stereocenters. The van der Waals surface area contributed by atoms with E-state index in [4.69, 9.17) is 5.11 Å². The van der Waals surface area contributed by atoms with E-state index in [0.29, 0.717) is 13.0 Å². The van der Waals surface area contributed by atoms with Crippen molar-refractivity contribution >= 4 is 17.6 Å². The van der Waals surface area contributed by atoms with Gasteiger partial charge in [0.1, 0.15) is 0 Å². The molecule has 0 radical (unpaired) electrons. The monoisotopic (exact) mass is 278 g/mol. The van der Waals surface area contributed by atoms with Crippen molar-refractivity contribution in [3.8, 4) is 0 Å². The first-order valence-corrected chi connectivity index (χ1v) is 6.93. The normalized spacial score (nSPS) is 10.2. The number of carbonyl (C=O) groups is 2. The van der Waals surface area contributed by atoms with E-state index in [0.717, 1.165) is 18.7 Å². The zero-order valence-corrected chi connectivity index (χ0v) is 11.8. The van der Waals surface area contributed by atoms with Crippen LogP contribution in [-0.2, 0) is 9.59 Å². The SMILES string of the molecule is CCCNCC(=O)N(CCCC(=O)O)c1ccccc1. The highest BCUT2D eigenvalue weighted by Crippen LogP contribution is 2.14. The van der Waals surface area contributed by atoms with Crippen LogP contribution >= 0.6 is 0 Å². The zero-order chi connectivity index (χ0) is 14.8. The quantitative estimate of drug-likeness (QED) is 0.677. The van der Waals surface area contributed by atoms with Gasteiger partial charge in [-0.1, -0.05) is 25.1 Å². The summed E-state index contributed by atoms with van der Waals surface area (Å²) in [5.41, 5.74) is 0.807. The fourth-order valence-electron chi connectivity index (χ4n) is 1.86. The third kappa shape index (κ3) is 5.84. The maximum Gasteiger partial charge on any atom is 0.303 e. The van der Waals surface area contributed by atoms with Gasteiger partial charge in [0.15, 0.2) is 0 Å². The lowest BCUT2D eigenvalue weighted by atomic mass is 10.2. The minimum Gasteiger partial charge on any atom is -0.481 e. The van der Waals surface area contributed by atoms with Gasteiger partial charge in [-0.05, 0) is 31.5 Å². The average Bonchev–Trinajstić information content (AvgIpc) is 2.44. The number of nitrogens with zero attached hydrogens (tertiary/aromatic N) is 1. The molecule has 0 spiro atoms. The highest BCUT2D eigenvalue weighted by Gasteiger charge is 2.15. The molecule has 0 heterocycles. The molecule has 2 N–H and O–H groups in total. The Kier molecular flexibility index (Phi) is 7.35. The van der Waals surface area contributed by atoms with Crippen molar-refractivity contribution in [3.05, 3.63) is 30.3 Å². The summed E-state index contributed by atoms with van der Waals surface area (Å²) >= 11 is 0. The summed E-state index contributed by atoms with van der Waals surface area (Å²) < 4.78 is 0. The van der Waals surface area contributed by atoms with Gasteiger partial charge in [0.05, 0.1) is 6.54 Å². The maximum absolute atomic E-state index is 12.2. The third-order valence-corrected chi connectivity index (χ3v) is 2.84. The van der Waals surface area contributed by atoms with E-state index in [9.17, 15) is 9.59 Å². The van der Waals surface area contributed by atoms with E-state index in [2.05, 4.69) is 5.32 Å². The van der Waals surface area contributed by atoms with Gasteiger partial charge in [0, 0.05) is 18.7 Å². The average molecular weight is 278 g/mol. The van der Waals surface area contributed by atoms with Crippen LogP contribution in [0.4, 0.5) is 5.69 Å². The Morgan fingerprint density at radius 1 is 1.25 bits per heavy atom. The number of hydrogen-bond donors (Lipinski definition) is 2. The number of hydrogen-bond acceptors (Lipinski definition) is 3. The Labute approximate surface area is 119 Å². The van der Waals surface area contributed by atoms with E-state index in [-0.39, 0.29) is 18.9 Å².